The van der Waals surface area contributed by atoms with Gasteiger partial charge < -0.3 is 14.6 Å². The molecule has 1 saturated carbocycles. The number of hydrogen-bond acceptors (Lipinski definition) is 6. The Morgan fingerprint density at radius 1 is 1.25 bits per heavy atom. The Kier molecular flexibility index (Phi) is 6.56. The van der Waals surface area contributed by atoms with Gasteiger partial charge in [-0.2, -0.15) is 0 Å². The molecule has 1 atom stereocenters. The summed E-state index contributed by atoms with van der Waals surface area (Å²) in [5, 5.41) is 13.8. The Bertz CT molecular complexity index is 848. The summed E-state index contributed by atoms with van der Waals surface area (Å²) in [5.41, 5.74) is 0.819. The summed E-state index contributed by atoms with van der Waals surface area (Å²) in [6.45, 7) is 1.74. The van der Waals surface area contributed by atoms with Crippen LogP contribution in [0, 0.1) is 0 Å². The van der Waals surface area contributed by atoms with Gasteiger partial charge in [0.2, 0.25) is 5.91 Å². The molecule has 0 aliphatic heterocycles. The lowest BCUT2D eigenvalue weighted by atomic mass is 10.2. The molecule has 1 fully saturated rings. The number of imide groups is 1. The molecule has 3 rings (SSSR count). The van der Waals surface area contributed by atoms with Gasteiger partial charge >= 0.3 is 6.03 Å². The number of thioether (sulfide) groups is 1. The van der Waals surface area contributed by atoms with Crippen molar-refractivity contribution in [3.05, 3.63) is 24.3 Å². The largest absolute Gasteiger partial charge is 0.496 e. The molecule has 150 valence electrons. The highest BCUT2D eigenvalue weighted by molar-refractivity contribution is 8.00. The molecule has 3 amide bonds. The maximum Gasteiger partial charge on any atom is 0.321 e. The highest BCUT2D eigenvalue weighted by Crippen LogP contribution is 2.31. The van der Waals surface area contributed by atoms with Crippen molar-refractivity contribution in [2.75, 3.05) is 7.11 Å². The molecule has 1 aliphatic rings. The second-order valence-corrected chi connectivity index (χ2v) is 8.08. The molecule has 1 aromatic heterocycles. The molecule has 2 N–H and O–H groups in total. The Labute approximate surface area is 168 Å². The summed E-state index contributed by atoms with van der Waals surface area (Å²) in [4.78, 5) is 24.3. The van der Waals surface area contributed by atoms with Gasteiger partial charge in [0.1, 0.15) is 5.75 Å². The van der Waals surface area contributed by atoms with E-state index in [1.54, 1.807) is 14.0 Å². The number of benzene rings is 1. The van der Waals surface area contributed by atoms with Gasteiger partial charge in [0.25, 0.3) is 0 Å². The number of hydrogen-bond donors (Lipinski definition) is 2. The fraction of sp³-hybridized carbons (Fsp3) is 0.474. The van der Waals surface area contributed by atoms with E-state index in [-0.39, 0.29) is 11.9 Å². The molecule has 28 heavy (non-hydrogen) atoms. The second-order valence-electron chi connectivity index (χ2n) is 6.77. The molecule has 0 bridgehead atoms. The highest BCUT2D eigenvalue weighted by atomic mass is 32.2. The molecule has 1 aliphatic carbocycles. The maximum absolute atomic E-state index is 12.3. The van der Waals surface area contributed by atoms with Crippen LogP contribution in [0.25, 0.3) is 11.4 Å². The van der Waals surface area contributed by atoms with E-state index >= 15 is 0 Å². The van der Waals surface area contributed by atoms with E-state index in [0.29, 0.717) is 16.7 Å². The fourth-order valence-corrected chi connectivity index (χ4v) is 4.01. The van der Waals surface area contributed by atoms with E-state index in [2.05, 4.69) is 20.8 Å². The van der Waals surface area contributed by atoms with E-state index in [1.165, 1.54) is 11.8 Å². The van der Waals surface area contributed by atoms with Gasteiger partial charge in [0.05, 0.1) is 17.9 Å². The van der Waals surface area contributed by atoms with Crippen molar-refractivity contribution in [1.29, 1.82) is 0 Å². The van der Waals surface area contributed by atoms with Gasteiger partial charge in [-0.25, -0.2) is 4.79 Å². The summed E-state index contributed by atoms with van der Waals surface area (Å²) in [6, 6.07) is 7.28. The van der Waals surface area contributed by atoms with Gasteiger partial charge in [0.15, 0.2) is 11.0 Å². The van der Waals surface area contributed by atoms with Gasteiger partial charge in [-0.1, -0.05) is 36.7 Å². The first kappa shape index (κ1) is 20.2. The topological polar surface area (TPSA) is 98.1 Å². The van der Waals surface area contributed by atoms with E-state index in [0.717, 1.165) is 31.2 Å². The Morgan fingerprint density at radius 3 is 2.68 bits per heavy atom. The van der Waals surface area contributed by atoms with Gasteiger partial charge in [-0.3, -0.25) is 10.1 Å². The molecular formula is C19H25N5O3S. The van der Waals surface area contributed by atoms with Crippen molar-refractivity contribution >= 4 is 23.7 Å². The van der Waals surface area contributed by atoms with Crippen LogP contribution in [0.2, 0.25) is 0 Å². The van der Waals surface area contributed by atoms with Crippen LogP contribution in [0.4, 0.5) is 4.79 Å². The standard InChI is InChI=1S/C19H25N5O3S/c1-12(17(25)21-18(26)20-13-8-4-5-9-13)28-19-23-22-16(24(19)2)14-10-6-7-11-15(14)27-3/h6-7,10-13H,4-5,8-9H2,1-3H3,(H2,20,21,25,26)/t12-/m0/s1. The lowest BCUT2D eigenvalue weighted by molar-refractivity contribution is -0.119. The molecule has 2 aromatic rings. The number of amides is 3. The summed E-state index contributed by atoms with van der Waals surface area (Å²) in [6.07, 6.45) is 4.17. The number of rotatable bonds is 6. The highest BCUT2D eigenvalue weighted by Gasteiger charge is 2.23. The van der Waals surface area contributed by atoms with E-state index in [4.69, 9.17) is 4.74 Å². The van der Waals surface area contributed by atoms with Crippen molar-refractivity contribution < 1.29 is 14.3 Å². The summed E-state index contributed by atoms with van der Waals surface area (Å²) in [7, 11) is 3.44. The number of nitrogens with zero attached hydrogens (tertiary/aromatic N) is 3. The summed E-state index contributed by atoms with van der Waals surface area (Å²) < 4.78 is 7.20. The molecular weight excluding hydrogens is 378 g/mol. The van der Waals surface area contributed by atoms with Crippen molar-refractivity contribution in [2.45, 2.75) is 49.1 Å². The third kappa shape index (κ3) is 4.64. The van der Waals surface area contributed by atoms with Gasteiger partial charge in [0, 0.05) is 13.1 Å². The van der Waals surface area contributed by atoms with Crippen LogP contribution in [0.1, 0.15) is 32.6 Å². The predicted octanol–water partition coefficient (Wildman–Crippen LogP) is 2.74. The number of para-hydroxylation sites is 1. The Morgan fingerprint density at radius 2 is 1.96 bits per heavy atom. The molecule has 1 heterocycles. The predicted molar refractivity (Wildman–Crippen MR) is 107 cm³/mol. The minimum absolute atomic E-state index is 0.165. The first-order valence-corrected chi connectivity index (χ1v) is 10.2. The first-order chi connectivity index (χ1) is 13.5. The van der Waals surface area contributed by atoms with Crippen LogP contribution in [0.15, 0.2) is 29.4 Å². The van der Waals surface area contributed by atoms with Gasteiger partial charge in [-0.05, 0) is 31.9 Å². The van der Waals surface area contributed by atoms with E-state index in [1.807, 2.05) is 35.9 Å². The van der Waals surface area contributed by atoms with Crippen molar-refractivity contribution in [3.63, 3.8) is 0 Å². The second kappa shape index (κ2) is 9.09. The monoisotopic (exact) mass is 403 g/mol. The zero-order valence-corrected chi connectivity index (χ0v) is 17.1. The maximum atomic E-state index is 12.3. The van der Waals surface area contributed by atoms with Crippen LogP contribution in [-0.4, -0.2) is 45.1 Å². The summed E-state index contributed by atoms with van der Waals surface area (Å²) >= 11 is 1.25. The van der Waals surface area contributed by atoms with Crippen LogP contribution < -0.4 is 15.4 Å². The number of ether oxygens (including phenoxy) is 1. The number of methoxy groups -OCH3 is 1. The average molecular weight is 404 g/mol. The van der Waals surface area contributed by atoms with Crippen molar-refractivity contribution in [1.82, 2.24) is 25.4 Å². The normalized spacial score (nSPS) is 15.2. The fourth-order valence-electron chi connectivity index (χ4n) is 3.20. The minimum atomic E-state index is -0.497. The zero-order valence-electron chi connectivity index (χ0n) is 16.3. The Hall–Kier alpha value is -2.55. The van der Waals surface area contributed by atoms with E-state index < -0.39 is 11.3 Å². The molecule has 8 nitrogen and oxygen atoms in total. The van der Waals surface area contributed by atoms with Crippen LogP contribution in [0.3, 0.4) is 0 Å². The number of carbonyl (C=O) groups is 2. The molecule has 0 radical (unpaired) electrons. The number of carbonyl (C=O) groups excluding carboxylic acids is 2. The molecule has 9 heteroatoms. The lowest BCUT2D eigenvalue weighted by Crippen LogP contribution is -2.45. The van der Waals surface area contributed by atoms with Crippen LogP contribution in [0.5, 0.6) is 5.75 Å². The van der Waals surface area contributed by atoms with E-state index in [9.17, 15) is 9.59 Å². The molecule has 1 aromatic carbocycles. The third-order valence-electron chi connectivity index (χ3n) is 4.76. The molecule has 0 saturated heterocycles. The van der Waals surface area contributed by atoms with Gasteiger partial charge in [-0.15, -0.1) is 10.2 Å². The molecule has 0 unspecified atom stereocenters. The average Bonchev–Trinajstić information content (AvgIpc) is 3.32. The zero-order chi connectivity index (χ0) is 20.1. The summed E-state index contributed by atoms with van der Waals surface area (Å²) in [5.74, 6) is 0.984. The number of aromatic nitrogens is 3. The smallest absolute Gasteiger partial charge is 0.321 e. The Balaban J connectivity index is 1.62. The quantitative estimate of drug-likeness (QED) is 0.720. The number of nitrogens with one attached hydrogen (secondary N) is 2. The third-order valence-corrected chi connectivity index (χ3v) is 5.90. The van der Waals surface area contributed by atoms with Crippen molar-refractivity contribution in [3.8, 4) is 17.1 Å². The lowest BCUT2D eigenvalue weighted by Gasteiger charge is -2.14. The number of urea groups is 1. The SMILES string of the molecule is COc1ccccc1-c1nnc(S[C@@H](C)C(=O)NC(=O)NC2CCCC2)n1C. The van der Waals surface area contributed by atoms with Crippen molar-refractivity contribution in [2.24, 2.45) is 7.05 Å². The first-order valence-electron chi connectivity index (χ1n) is 9.30. The van der Waals surface area contributed by atoms with Crippen LogP contribution >= 0.6 is 11.8 Å². The van der Waals surface area contributed by atoms with Crippen LogP contribution in [-0.2, 0) is 11.8 Å². The minimum Gasteiger partial charge on any atom is -0.496 e. The molecule has 0 spiro atoms.